The van der Waals surface area contributed by atoms with Gasteiger partial charge in [-0.3, -0.25) is 0 Å². The average Bonchev–Trinajstić information content (AvgIpc) is 2.51. The largest absolute Gasteiger partial charge is 0.504 e. The zero-order valence-corrected chi connectivity index (χ0v) is 11.7. The van der Waals surface area contributed by atoms with Crippen molar-refractivity contribution in [3.05, 3.63) is 53.6 Å². The van der Waals surface area contributed by atoms with Gasteiger partial charge in [0.15, 0.2) is 11.5 Å². The molecule has 2 aromatic carbocycles. The van der Waals surface area contributed by atoms with Crippen molar-refractivity contribution in [1.29, 1.82) is 0 Å². The summed E-state index contributed by atoms with van der Waals surface area (Å²) in [5, 5.41) is 41.6. The van der Waals surface area contributed by atoms with Crippen LogP contribution in [0.3, 0.4) is 0 Å². The molecule has 21 heavy (non-hydrogen) atoms. The van der Waals surface area contributed by atoms with Crippen molar-refractivity contribution in [2.75, 3.05) is 6.61 Å². The van der Waals surface area contributed by atoms with E-state index in [4.69, 9.17) is 0 Å². The lowest BCUT2D eigenvalue weighted by molar-refractivity contribution is 0.244. The first kappa shape index (κ1) is 15.2. The second-order valence-electron chi connectivity index (χ2n) is 4.97. The van der Waals surface area contributed by atoms with Crippen LogP contribution in [0, 0.1) is 0 Å². The van der Waals surface area contributed by atoms with Gasteiger partial charge in [-0.2, -0.15) is 0 Å². The molecular weight excluding hydrogens is 270 g/mol. The Labute approximate surface area is 123 Å². The van der Waals surface area contributed by atoms with Crippen molar-refractivity contribution in [3.63, 3.8) is 0 Å². The summed E-state index contributed by atoms with van der Waals surface area (Å²) >= 11 is 0. The van der Waals surface area contributed by atoms with Crippen molar-refractivity contribution in [2.45, 2.75) is 19.0 Å². The first-order valence-electron chi connectivity index (χ1n) is 6.70. The molecule has 1 unspecified atom stereocenters. The Morgan fingerprint density at radius 1 is 0.952 bits per heavy atom. The smallest absolute Gasteiger partial charge is 0.200 e. The third kappa shape index (κ3) is 3.26. The van der Waals surface area contributed by atoms with Crippen molar-refractivity contribution in [1.82, 2.24) is 5.32 Å². The molecule has 0 heterocycles. The summed E-state index contributed by atoms with van der Waals surface area (Å²) in [6.07, 6.45) is 0. The summed E-state index contributed by atoms with van der Waals surface area (Å²) in [6.45, 7) is 1.75. The highest BCUT2D eigenvalue weighted by Crippen LogP contribution is 2.41. The standard InChI is InChI=1S/C16H19NO4/c1-10(9-18)17-14(11-5-3-2-4-6-11)12-7-8-13(19)16(21)15(12)20/h2-8,10,14,17-21H,9H2,1H3/t10-,14?/m1/s1. The van der Waals surface area contributed by atoms with Crippen LogP contribution in [-0.4, -0.2) is 33.1 Å². The Bertz CT molecular complexity index is 601. The van der Waals surface area contributed by atoms with E-state index < -0.39 is 11.8 Å². The molecule has 0 amide bonds. The molecule has 2 atom stereocenters. The zero-order chi connectivity index (χ0) is 15.4. The van der Waals surface area contributed by atoms with Gasteiger partial charge in [0.05, 0.1) is 12.6 Å². The normalized spacial score (nSPS) is 13.8. The van der Waals surface area contributed by atoms with Crippen LogP contribution in [0.15, 0.2) is 42.5 Å². The maximum atomic E-state index is 10.1. The third-order valence-electron chi connectivity index (χ3n) is 3.33. The van der Waals surface area contributed by atoms with Crippen LogP contribution in [0.4, 0.5) is 0 Å². The molecule has 0 aliphatic carbocycles. The topological polar surface area (TPSA) is 93.0 Å². The van der Waals surface area contributed by atoms with Crippen molar-refractivity contribution < 1.29 is 20.4 Å². The average molecular weight is 289 g/mol. The predicted molar refractivity (Wildman–Crippen MR) is 79.4 cm³/mol. The van der Waals surface area contributed by atoms with Crippen LogP contribution >= 0.6 is 0 Å². The molecule has 2 aromatic rings. The Hall–Kier alpha value is -2.24. The molecule has 0 bridgehead atoms. The van der Waals surface area contributed by atoms with E-state index in [9.17, 15) is 20.4 Å². The van der Waals surface area contributed by atoms with E-state index in [1.165, 1.54) is 6.07 Å². The summed E-state index contributed by atoms with van der Waals surface area (Å²) < 4.78 is 0. The highest BCUT2D eigenvalue weighted by Gasteiger charge is 2.22. The number of hydrogen-bond acceptors (Lipinski definition) is 5. The first-order chi connectivity index (χ1) is 10.0. The molecule has 0 aliphatic rings. The molecule has 0 aliphatic heterocycles. The first-order valence-corrected chi connectivity index (χ1v) is 6.70. The highest BCUT2D eigenvalue weighted by molar-refractivity contribution is 5.55. The minimum absolute atomic E-state index is 0.0613. The third-order valence-corrected chi connectivity index (χ3v) is 3.33. The lowest BCUT2D eigenvalue weighted by Gasteiger charge is -2.24. The number of nitrogens with one attached hydrogen (secondary N) is 1. The Balaban J connectivity index is 2.47. The number of aliphatic hydroxyl groups excluding tert-OH is 1. The molecule has 0 saturated carbocycles. The molecule has 0 fully saturated rings. The summed E-state index contributed by atoms with van der Waals surface area (Å²) in [5.74, 6) is -1.30. The van der Waals surface area contributed by atoms with E-state index in [-0.39, 0.29) is 24.1 Å². The predicted octanol–water partition coefficient (Wildman–Crippen LogP) is 1.86. The molecular formula is C16H19NO4. The second-order valence-corrected chi connectivity index (χ2v) is 4.97. The molecule has 0 radical (unpaired) electrons. The Morgan fingerprint density at radius 2 is 1.62 bits per heavy atom. The van der Waals surface area contributed by atoms with Crippen molar-refractivity contribution in [3.8, 4) is 17.2 Å². The number of phenols is 3. The lowest BCUT2D eigenvalue weighted by Crippen LogP contribution is -2.33. The van der Waals surface area contributed by atoms with Gasteiger partial charge in [-0.05, 0) is 24.6 Å². The van der Waals surface area contributed by atoms with Crippen LogP contribution in [0.25, 0.3) is 0 Å². The molecule has 5 nitrogen and oxygen atoms in total. The lowest BCUT2D eigenvalue weighted by atomic mass is 9.96. The maximum absolute atomic E-state index is 10.1. The van der Waals surface area contributed by atoms with Crippen LogP contribution in [0.2, 0.25) is 0 Å². The Kier molecular flexibility index (Phi) is 4.67. The van der Waals surface area contributed by atoms with E-state index in [2.05, 4.69) is 5.32 Å². The fraction of sp³-hybridized carbons (Fsp3) is 0.250. The molecule has 5 N–H and O–H groups in total. The minimum atomic E-state index is -0.549. The van der Waals surface area contributed by atoms with Gasteiger partial charge in [0.25, 0.3) is 0 Å². The second kappa shape index (κ2) is 6.47. The van der Waals surface area contributed by atoms with Crippen molar-refractivity contribution >= 4 is 0 Å². The number of aromatic hydroxyl groups is 3. The number of aliphatic hydroxyl groups is 1. The fourth-order valence-electron chi connectivity index (χ4n) is 2.17. The maximum Gasteiger partial charge on any atom is 0.200 e. The summed E-state index contributed by atoms with van der Waals surface area (Å²) in [6, 6.07) is 11.6. The van der Waals surface area contributed by atoms with Gasteiger partial charge in [-0.25, -0.2) is 0 Å². The van der Waals surface area contributed by atoms with E-state index in [1.807, 2.05) is 37.3 Å². The van der Waals surface area contributed by atoms with Crippen LogP contribution in [0.5, 0.6) is 17.2 Å². The van der Waals surface area contributed by atoms with Crippen LogP contribution in [-0.2, 0) is 0 Å². The van der Waals surface area contributed by atoms with Gasteiger partial charge in [0.2, 0.25) is 5.75 Å². The molecule has 0 spiro atoms. The van der Waals surface area contributed by atoms with E-state index in [0.29, 0.717) is 5.56 Å². The number of hydrogen-bond donors (Lipinski definition) is 5. The SMILES string of the molecule is C[C@H](CO)NC(c1ccccc1)c1ccc(O)c(O)c1O. The summed E-state index contributed by atoms with van der Waals surface area (Å²) in [5.41, 5.74) is 1.30. The minimum Gasteiger partial charge on any atom is -0.504 e. The summed E-state index contributed by atoms with van der Waals surface area (Å²) in [4.78, 5) is 0. The quantitative estimate of drug-likeness (QED) is 0.542. The molecule has 112 valence electrons. The van der Waals surface area contributed by atoms with Gasteiger partial charge in [0, 0.05) is 11.6 Å². The highest BCUT2D eigenvalue weighted by atomic mass is 16.3. The van der Waals surface area contributed by atoms with Crippen LogP contribution < -0.4 is 5.32 Å². The number of phenolic OH excluding ortho intramolecular Hbond substituents is 3. The van der Waals surface area contributed by atoms with Crippen molar-refractivity contribution in [2.24, 2.45) is 0 Å². The van der Waals surface area contributed by atoms with Gasteiger partial charge in [-0.1, -0.05) is 30.3 Å². The van der Waals surface area contributed by atoms with Gasteiger partial charge in [0.1, 0.15) is 0 Å². The summed E-state index contributed by atoms with van der Waals surface area (Å²) in [7, 11) is 0. The molecule has 2 rings (SSSR count). The number of benzene rings is 2. The zero-order valence-electron chi connectivity index (χ0n) is 11.7. The van der Waals surface area contributed by atoms with E-state index in [0.717, 1.165) is 5.56 Å². The molecule has 0 saturated heterocycles. The van der Waals surface area contributed by atoms with E-state index in [1.54, 1.807) is 6.07 Å². The van der Waals surface area contributed by atoms with Crippen LogP contribution in [0.1, 0.15) is 24.1 Å². The Morgan fingerprint density at radius 3 is 2.24 bits per heavy atom. The monoisotopic (exact) mass is 289 g/mol. The van der Waals surface area contributed by atoms with E-state index >= 15 is 0 Å². The fourth-order valence-corrected chi connectivity index (χ4v) is 2.17. The molecule has 5 heteroatoms. The van der Waals surface area contributed by atoms with Gasteiger partial charge < -0.3 is 25.7 Å². The number of rotatable bonds is 5. The van der Waals surface area contributed by atoms with Gasteiger partial charge in [-0.15, -0.1) is 0 Å². The molecule has 0 aromatic heterocycles. The van der Waals surface area contributed by atoms with Gasteiger partial charge >= 0.3 is 0 Å².